The molecule has 1 heterocycles. The van der Waals surface area contributed by atoms with Crippen LogP contribution in [0.4, 0.5) is 5.82 Å². The van der Waals surface area contributed by atoms with Crippen LogP contribution >= 0.6 is 0 Å². The Morgan fingerprint density at radius 1 is 1.14 bits per heavy atom. The average Bonchev–Trinajstić information content (AvgIpc) is 2.35. The van der Waals surface area contributed by atoms with Gasteiger partial charge in [0.2, 0.25) is 5.88 Å². The molecule has 0 aliphatic carbocycles. The third kappa shape index (κ3) is 5.16. The first-order valence-corrected chi connectivity index (χ1v) is 7.50. The molecular weight excluding hydrogens is 264 g/mol. The van der Waals surface area contributed by atoms with E-state index >= 15 is 0 Å². The molecule has 1 N–H and O–H groups in total. The van der Waals surface area contributed by atoms with Gasteiger partial charge in [0, 0.05) is 23.6 Å². The third-order valence-electron chi connectivity index (χ3n) is 3.52. The topological polar surface area (TPSA) is 50.3 Å². The molecule has 0 atom stereocenters. The molecule has 0 fully saturated rings. The number of aromatic nitrogens is 2. The van der Waals surface area contributed by atoms with E-state index in [1.165, 1.54) is 0 Å². The second-order valence-electron chi connectivity index (χ2n) is 7.19. The van der Waals surface area contributed by atoms with Crippen LogP contribution < -0.4 is 10.1 Å². The number of nitrogens with zero attached hydrogens (tertiary/aromatic N) is 3. The van der Waals surface area contributed by atoms with Gasteiger partial charge >= 0.3 is 0 Å². The molecule has 0 amide bonds. The molecule has 0 saturated heterocycles. The highest BCUT2D eigenvalue weighted by atomic mass is 16.5. The van der Waals surface area contributed by atoms with Crippen molar-refractivity contribution in [1.29, 1.82) is 0 Å². The zero-order valence-corrected chi connectivity index (χ0v) is 14.7. The molecule has 21 heavy (non-hydrogen) atoms. The third-order valence-corrected chi connectivity index (χ3v) is 3.52. The fraction of sp³-hybridized carbons (Fsp3) is 0.750. The van der Waals surface area contributed by atoms with Gasteiger partial charge < -0.3 is 15.0 Å². The Morgan fingerprint density at radius 3 is 2.24 bits per heavy atom. The molecule has 1 aromatic rings. The quantitative estimate of drug-likeness (QED) is 0.874. The lowest BCUT2D eigenvalue weighted by Gasteiger charge is -2.32. The van der Waals surface area contributed by atoms with Gasteiger partial charge in [-0.2, -0.15) is 4.98 Å². The van der Waals surface area contributed by atoms with Gasteiger partial charge in [0.15, 0.2) is 0 Å². The molecule has 0 saturated carbocycles. The maximum atomic E-state index is 5.92. The van der Waals surface area contributed by atoms with Crippen molar-refractivity contribution in [3.8, 4) is 5.88 Å². The zero-order valence-electron chi connectivity index (χ0n) is 14.7. The molecule has 0 aromatic carbocycles. The minimum Gasteiger partial charge on any atom is -0.476 e. The van der Waals surface area contributed by atoms with Gasteiger partial charge in [-0.15, -0.1) is 0 Å². The maximum absolute atomic E-state index is 5.92. The normalized spacial score (nSPS) is 12.6. The number of nitrogens with one attached hydrogen (secondary N) is 1. The summed E-state index contributed by atoms with van der Waals surface area (Å²) in [6.45, 7) is 14.0. The van der Waals surface area contributed by atoms with Crippen LogP contribution in [0.15, 0.2) is 6.07 Å². The molecular formula is C16H30N4O. The van der Waals surface area contributed by atoms with Crippen molar-refractivity contribution in [1.82, 2.24) is 14.9 Å². The van der Waals surface area contributed by atoms with E-state index < -0.39 is 0 Å². The van der Waals surface area contributed by atoms with Crippen LogP contribution in [0.3, 0.4) is 0 Å². The van der Waals surface area contributed by atoms with Crippen LogP contribution in [-0.4, -0.2) is 47.7 Å². The first-order valence-electron chi connectivity index (χ1n) is 7.50. The van der Waals surface area contributed by atoms with Crippen molar-refractivity contribution >= 4 is 5.82 Å². The van der Waals surface area contributed by atoms with Crippen molar-refractivity contribution in [3.63, 3.8) is 0 Å². The molecule has 0 radical (unpaired) electrons. The Morgan fingerprint density at radius 2 is 1.76 bits per heavy atom. The SMILES string of the molecule is CCNc1cc(OCC(C)(C)N(C)C)nc(C(C)(C)C)n1. The minimum absolute atomic E-state index is 0.0504. The van der Waals surface area contributed by atoms with Crippen LogP contribution in [0, 0.1) is 0 Å². The molecule has 5 nitrogen and oxygen atoms in total. The molecule has 1 rings (SSSR count). The van der Waals surface area contributed by atoms with Crippen LogP contribution in [0.25, 0.3) is 0 Å². The molecule has 0 aliphatic rings. The minimum atomic E-state index is -0.111. The van der Waals surface area contributed by atoms with Gasteiger partial charge in [0.05, 0.1) is 0 Å². The van der Waals surface area contributed by atoms with Crippen molar-refractivity contribution in [3.05, 3.63) is 11.9 Å². The Kier molecular flexibility index (Phi) is 5.56. The van der Waals surface area contributed by atoms with Gasteiger partial charge in [-0.05, 0) is 34.9 Å². The Hall–Kier alpha value is -1.36. The van der Waals surface area contributed by atoms with E-state index in [0.717, 1.165) is 18.2 Å². The molecule has 0 spiro atoms. The fourth-order valence-corrected chi connectivity index (χ4v) is 1.49. The number of ether oxygens (including phenoxy) is 1. The lowest BCUT2D eigenvalue weighted by Crippen LogP contribution is -2.43. The first kappa shape index (κ1) is 17.7. The molecule has 0 aliphatic heterocycles. The number of rotatable bonds is 6. The van der Waals surface area contributed by atoms with E-state index in [-0.39, 0.29) is 11.0 Å². The highest BCUT2D eigenvalue weighted by Crippen LogP contribution is 2.24. The van der Waals surface area contributed by atoms with Crippen LogP contribution in [0.5, 0.6) is 5.88 Å². The summed E-state index contributed by atoms with van der Waals surface area (Å²) >= 11 is 0. The number of hydrogen-bond acceptors (Lipinski definition) is 5. The zero-order chi connectivity index (χ0) is 16.3. The molecule has 0 bridgehead atoms. The summed E-state index contributed by atoms with van der Waals surface area (Å²) in [6, 6.07) is 1.87. The summed E-state index contributed by atoms with van der Waals surface area (Å²) in [5.41, 5.74) is -0.161. The standard InChI is InChI=1S/C16H30N4O/c1-9-17-12-10-13(19-14(18-12)15(2,3)4)21-11-16(5,6)20(7)8/h10H,9,11H2,1-8H3,(H,17,18,19). The summed E-state index contributed by atoms with van der Waals surface area (Å²) < 4.78 is 5.92. The van der Waals surface area contributed by atoms with Crippen molar-refractivity contribution < 1.29 is 4.74 Å². The monoisotopic (exact) mass is 294 g/mol. The summed E-state index contributed by atoms with van der Waals surface area (Å²) in [4.78, 5) is 11.3. The largest absolute Gasteiger partial charge is 0.476 e. The van der Waals surface area contributed by atoms with Gasteiger partial charge in [0.1, 0.15) is 18.2 Å². The van der Waals surface area contributed by atoms with Crippen molar-refractivity contribution in [2.24, 2.45) is 0 Å². The molecule has 0 unspecified atom stereocenters. The summed E-state index contributed by atoms with van der Waals surface area (Å²) in [7, 11) is 4.10. The van der Waals surface area contributed by atoms with E-state index in [1.807, 2.05) is 20.2 Å². The van der Waals surface area contributed by atoms with E-state index in [2.05, 4.69) is 61.7 Å². The average molecular weight is 294 g/mol. The van der Waals surface area contributed by atoms with Crippen LogP contribution in [-0.2, 0) is 5.41 Å². The second-order valence-corrected chi connectivity index (χ2v) is 7.19. The Labute approximate surface area is 129 Å². The van der Waals surface area contributed by atoms with E-state index in [1.54, 1.807) is 0 Å². The van der Waals surface area contributed by atoms with E-state index in [0.29, 0.717) is 12.5 Å². The van der Waals surface area contributed by atoms with Gasteiger partial charge in [-0.25, -0.2) is 4.98 Å². The van der Waals surface area contributed by atoms with Crippen molar-refractivity contribution in [2.45, 2.75) is 52.5 Å². The number of anilines is 1. The lowest BCUT2D eigenvalue weighted by molar-refractivity contribution is 0.110. The second kappa shape index (κ2) is 6.60. The fourth-order valence-electron chi connectivity index (χ4n) is 1.49. The van der Waals surface area contributed by atoms with Gasteiger partial charge in [-0.1, -0.05) is 20.8 Å². The molecule has 120 valence electrons. The smallest absolute Gasteiger partial charge is 0.218 e. The number of likely N-dealkylation sites (N-methyl/N-ethyl adjacent to an activating group) is 1. The predicted octanol–water partition coefficient (Wildman–Crippen LogP) is 2.92. The Balaban J connectivity index is 2.98. The Bertz CT molecular complexity index is 464. The van der Waals surface area contributed by atoms with Crippen molar-refractivity contribution in [2.75, 3.05) is 32.6 Å². The highest BCUT2D eigenvalue weighted by molar-refractivity contribution is 5.39. The maximum Gasteiger partial charge on any atom is 0.218 e. The van der Waals surface area contributed by atoms with Gasteiger partial charge in [0.25, 0.3) is 0 Å². The van der Waals surface area contributed by atoms with Crippen LogP contribution in [0.2, 0.25) is 0 Å². The first-order chi connectivity index (χ1) is 9.56. The summed E-state index contributed by atoms with van der Waals surface area (Å²) in [5.74, 6) is 2.23. The van der Waals surface area contributed by atoms with E-state index in [9.17, 15) is 0 Å². The number of hydrogen-bond donors (Lipinski definition) is 1. The lowest BCUT2D eigenvalue weighted by atomic mass is 9.96. The predicted molar refractivity (Wildman–Crippen MR) is 88.2 cm³/mol. The highest BCUT2D eigenvalue weighted by Gasteiger charge is 2.23. The summed E-state index contributed by atoms with van der Waals surface area (Å²) in [5, 5.41) is 3.24. The van der Waals surface area contributed by atoms with E-state index in [4.69, 9.17) is 4.74 Å². The molecule has 1 aromatic heterocycles. The van der Waals surface area contributed by atoms with Gasteiger partial charge in [-0.3, -0.25) is 0 Å². The molecule has 5 heteroatoms. The van der Waals surface area contributed by atoms with Crippen LogP contribution in [0.1, 0.15) is 47.4 Å². The summed E-state index contributed by atoms with van der Waals surface area (Å²) in [6.07, 6.45) is 0.